The number of carbonyl (C=O) groups excluding carboxylic acids is 1. The first kappa shape index (κ1) is 16.6. The topological polar surface area (TPSA) is 68.0 Å². The number of thiophene rings is 2. The Hall–Kier alpha value is -2.84. The normalized spacial score (nSPS) is 11.0. The zero-order valence-corrected chi connectivity index (χ0v) is 14.8. The minimum absolute atomic E-state index is 0.111. The van der Waals surface area contributed by atoms with E-state index in [1.165, 1.54) is 6.07 Å². The molecule has 0 radical (unpaired) electrons. The van der Waals surface area contributed by atoms with E-state index in [4.69, 9.17) is 5.73 Å². The first-order valence-electron chi connectivity index (χ1n) is 7.52. The number of fused-ring (bicyclic) bond motifs is 1. The Kier molecular flexibility index (Phi) is 4.14. The van der Waals surface area contributed by atoms with Crippen LogP contribution in [0.2, 0.25) is 0 Å². The molecule has 8 heteroatoms. The highest BCUT2D eigenvalue weighted by Crippen LogP contribution is 2.35. The second-order valence-electron chi connectivity index (χ2n) is 5.45. The molecule has 0 bridgehead atoms. The fourth-order valence-corrected chi connectivity index (χ4v) is 4.18. The Balaban J connectivity index is 1.69. The van der Waals surface area contributed by atoms with E-state index >= 15 is 0 Å². The molecular weight excluding hydrogens is 376 g/mol. The van der Waals surface area contributed by atoms with E-state index in [9.17, 15) is 13.6 Å². The van der Waals surface area contributed by atoms with Crippen LogP contribution in [0.3, 0.4) is 0 Å². The summed E-state index contributed by atoms with van der Waals surface area (Å²) in [6.07, 6.45) is 0. The second-order valence-corrected chi connectivity index (χ2v) is 7.40. The zero-order valence-electron chi connectivity index (χ0n) is 13.1. The summed E-state index contributed by atoms with van der Waals surface area (Å²) in [5.74, 6) is -2.13. The van der Waals surface area contributed by atoms with Gasteiger partial charge in [0.15, 0.2) is 0 Å². The quantitative estimate of drug-likeness (QED) is 0.512. The van der Waals surface area contributed by atoms with Gasteiger partial charge in [-0.1, -0.05) is 6.07 Å². The summed E-state index contributed by atoms with van der Waals surface area (Å²) < 4.78 is 26.7. The van der Waals surface area contributed by atoms with Crippen LogP contribution in [0.1, 0.15) is 9.67 Å². The predicted molar refractivity (Wildman–Crippen MR) is 102 cm³/mol. The molecule has 0 unspecified atom stereocenters. The average molecular weight is 387 g/mol. The molecule has 0 aliphatic heterocycles. The summed E-state index contributed by atoms with van der Waals surface area (Å²) in [5, 5.41) is 5.05. The van der Waals surface area contributed by atoms with Crippen LogP contribution >= 0.6 is 22.7 Å². The molecule has 0 fully saturated rings. The molecule has 26 heavy (non-hydrogen) atoms. The van der Waals surface area contributed by atoms with Crippen molar-refractivity contribution in [1.82, 2.24) is 4.98 Å². The lowest BCUT2D eigenvalue weighted by Gasteiger charge is -2.05. The van der Waals surface area contributed by atoms with Crippen LogP contribution in [0, 0.1) is 11.6 Å². The Bertz CT molecular complexity index is 1120. The van der Waals surface area contributed by atoms with Crippen molar-refractivity contribution < 1.29 is 13.6 Å². The van der Waals surface area contributed by atoms with Crippen molar-refractivity contribution in [2.24, 2.45) is 0 Å². The van der Waals surface area contributed by atoms with Gasteiger partial charge in [0.25, 0.3) is 5.91 Å². The predicted octanol–water partition coefficient (Wildman–Crippen LogP) is 5.14. The van der Waals surface area contributed by atoms with Gasteiger partial charge in [0.2, 0.25) is 0 Å². The first-order chi connectivity index (χ1) is 12.5. The molecule has 130 valence electrons. The molecule has 4 rings (SSSR count). The van der Waals surface area contributed by atoms with Gasteiger partial charge in [0.05, 0.1) is 21.9 Å². The number of amides is 1. The molecule has 1 amide bonds. The van der Waals surface area contributed by atoms with Gasteiger partial charge in [-0.25, -0.2) is 13.8 Å². The third-order valence-corrected chi connectivity index (χ3v) is 5.76. The minimum atomic E-state index is -0.851. The van der Waals surface area contributed by atoms with Gasteiger partial charge >= 0.3 is 0 Å². The minimum Gasteiger partial charge on any atom is -0.397 e. The van der Waals surface area contributed by atoms with Gasteiger partial charge in [-0.15, -0.1) is 22.7 Å². The van der Waals surface area contributed by atoms with Gasteiger partial charge in [-0.05, 0) is 35.7 Å². The number of benzene rings is 1. The van der Waals surface area contributed by atoms with Crippen molar-refractivity contribution >= 4 is 50.2 Å². The summed E-state index contributed by atoms with van der Waals surface area (Å²) in [6.45, 7) is 0. The van der Waals surface area contributed by atoms with Crippen LogP contribution < -0.4 is 11.1 Å². The van der Waals surface area contributed by atoms with Crippen molar-refractivity contribution in [3.63, 3.8) is 0 Å². The average Bonchev–Trinajstić information content (AvgIpc) is 3.25. The van der Waals surface area contributed by atoms with E-state index in [0.29, 0.717) is 16.3 Å². The number of hydrogen-bond acceptors (Lipinski definition) is 5. The van der Waals surface area contributed by atoms with E-state index < -0.39 is 17.5 Å². The Morgan fingerprint density at radius 1 is 1.15 bits per heavy atom. The number of aromatic nitrogens is 1. The van der Waals surface area contributed by atoms with Gasteiger partial charge in [0.1, 0.15) is 21.3 Å². The molecule has 3 heterocycles. The fraction of sp³-hybridized carbons (Fsp3) is 0. The van der Waals surface area contributed by atoms with Gasteiger partial charge in [0, 0.05) is 11.5 Å². The van der Waals surface area contributed by atoms with Gasteiger partial charge in [-0.3, -0.25) is 4.79 Å². The van der Waals surface area contributed by atoms with Crippen LogP contribution in [0.15, 0.2) is 47.8 Å². The largest absolute Gasteiger partial charge is 0.397 e. The van der Waals surface area contributed by atoms with E-state index in [1.807, 2.05) is 29.6 Å². The van der Waals surface area contributed by atoms with Crippen molar-refractivity contribution in [3.8, 4) is 10.6 Å². The van der Waals surface area contributed by atoms with Crippen LogP contribution in [-0.2, 0) is 0 Å². The van der Waals surface area contributed by atoms with Crippen LogP contribution in [0.25, 0.3) is 20.8 Å². The highest BCUT2D eigenvalue weighted by molar-refractivity contribution is 7.21. The highest BCUT2D eigenvalue weighted by atomic mass is 32.1. The lowest BCUT2D eigenvalue weighted by atomic mass is 10.2. The molecule has 4 aromatic rings. The van der Waals surface area contributed by atoms with Crippen LogP contribution in [0.5, 0.6) is 0 Å². The smallest absolute Gasteiger partial charge is 0.268 e. The summed E-state index contributed by atoms with van der Waals surface area (Å²) in [4.78, 5) is 18.9. The molecule has 0 atom stereocenters. The van der Waals surface area contributed by atoms with Crippen LogP contribution in [-0.4, -0.2) is 10.9 Å². The van der Waals surface area contributed by atoms with E-state index in [1.54, 1.807) is 11.3 Å². The molecule has 3 aromatic heterocycles. The molecule has 3 N–H and O–H groups in total. The molecule has 0 spiro atoms. The first-order valence-corrected chi connectivity index (χ1v) is 9.22. The summed E-state index contributed by atoms with van der Waals surface area (Å²) >= 11 is 2.70. The number of nitrogen functional groups attached to an aromatic ring is 1. The third kappa shape index (κ3) is 2.93. The zero-order chi connectivity index (χ0) is 18.3. The number of nitrogens with one attached hydrogen (secondary N) is 1. The number of halogens is 2. The number of nitrogens with zero attached hydrogens (tertiary/aromatic N) is 1. The van der Waals surface area contributed by atoms with Gasteiger partial charge < -0.3 is 11.1 Å². The number of nitrogens with two attached hydrogens (primary N) is 1. The summed E-state index contributed by atoms with van der Waals surface area (Å²) in [6, 6.07) is 10.5. The van der Waals surface area contributed by atoms with E-state index in [2.05, 4.69) is 10.3 Å². The highest BCUT2D eigenvalue weighted by Gasteiger charge is 2.19. The standard InChI is InChI=1S/C18H11F2N3OS2/c19-9-3-5-12(11(20)8-9)22-17(24)16-15(21)10-4-6-13(23-18(10)26-16)14-2-1-7-25-14/h1-8H,21H2,(H,22,24). The number of carbonyl (C=O) groups is 1. The summed E-state index contributed by atoms with van der Waals surface area (Å²) in [5.41, 5.74) is 7.06. The lowest BCUT2D eigenvalue weighted by Crippen LogP contribution is -2.13. The monoisotopic (exact) mass is 387 g/mol. The maximum Gasteiger partial charge on any atom is 0.268 e. The number of rotatable bonds is 3. The maximum absolute atomic E-state index is 13.7. The SMILES string of the molecule is Nc1c(C(=O)Nc2ccc(F)cc2F)sc2nc(-c3cccs3)ccc12. The second kappa shape index (κ2) is 6.47. The third-order valence-electron chi connectivity index (χ3n) is 3.75. The Morgan fingerprint density at radius 3 is 2.73 bits per heavy atom. The Labute approximate surface area is 154 Å². The molecule has 4 nitrogen and oxygen atoms in total. The summed E-state index contributed by atoms with van der Waals surface area (Å²) in [7, 11) is 0. The van der Waals surface area contributed by atoms with Gasteiger partial charge in [-0.2, -0.15) is 0 Å². The number of pyridine rings is 1. The number of anilines is 2. The molecule has 1 aromatic carbocycles. The van der Waals surface area contributed by atoms with Crippen molar-refractivity contribution in [3.05, 3.63) is 64.4 Å². The lowest BCUT2D eigenvalue weighted by molar-refractivity contribution is 0.103. The fourth-order valence-electron chi connectivity index (χ4n) is 2.50. The molecular formula is C18H11F2N3OS2. The number of hydrogen-bond donors (Lipinski definition) is 2. The molecule has 0 aliphatic carbocycles. The van der Waals surface area contributed by atoms with Crippen molar-refractivity contribution in [2.75, 3.05) is 11.1 Å². The van der Waals surface area contributed by atoms with E-state index in [0.717, 1.165) is 28.0 Å². The van der Waals surface area contributed by atoms with Crippen molar-refractivity contribution in [2.45, 2.75) is 0 Å². The Morgan fingerprint density at radius 2 is 2.00 bits per heavy atom. The molecule has 0 saturated carbocycles. The van der Waals surface area contributed by atoms with Crippen LogP contribution in [0.4, 0.5) is 20.2 Å². The maximum atomic E-state index is 13.7. The van der Waals surface area contributed by atoms with Crippen molar-refractivity contribution in [1.29, 1.82) is 0 Å². The molecule has 0 aliphatic rings. The van der Waals surface area contributed by atoms with E-state index in [-0.39, 0.29) is 16.3 Å². The molecule has 0 saturated heterocycles.